The summed E-state index contributed by atoms with van der Waals surface area (Å²) < 4.78 is 0. The van der Waals surface area contributed by atoms with Gasteiger partial charge in [-0.05, 0) is 49.1 Å². The van der Waals surface area contributed by atoms with Gasteiger partial charge < -0.3 is 15.9 Å². The summed E-state index contributed by atoms with van der Waals surface area (Å²) in [7, 11) is 0. The number of aryl methyl sites for hydroxylation is 1. The Morgan fingerprint density at radius 3 is 2.12 bits per heavy atom. The molecule has 0 radical (unpaired) electrons. The molecule has 0 aliphatic rings. The van der Waals surface area contributed by atoms with Gasteiger partial charge in [-0.3, -0.25) is 4.79 Å². The average Bonchev–Trinajstić information content (AvgIpc) is 2.60. The molecule has 2 aromatic carbocycles. The molecule has 0 aliphatic carbocycles. The number of phenols is 1. The van der Waals surface area contributed by atoms with Crippen molar-refractivity contribution in [1.82, 2.24) is 0 Å². The molecule has 0 saturated carbocycles. The first kappa shape index (κ1) is 21.4. The molecule has 5 nitrogen and oxygen atoms in total. The molecule has 140 valence electrons. The molecule has 2 rings (SSSR count). The number of aromatic hydroxyl groups is 1. The highest BCUT2D eigenvalue weighted by Crippen LogP contribution is 2.24. The lowest BCUT2D eigenvalue weighted by Crippen LogP contribution is -2.09. The Labute approximate surface area is 154 Å². The molecule has 0 heterocycles. The highest BCUT2D eigenvalue weighted by Gasteiger charge is 2.20. The summed E-state index contributed by atoms with van der Waals surface area (Å²) in [5, 5.41) is 19.3. The van der Waals surface area contributed by atoms with Crippen LogP contribution in [-0.4, -0.2) is 28.5 Å². The predicted molar refractivity (Wildman–Crippen MR) is 103 cm³/mol. The number of nitrogens with two attached hydrogens (primary N) is 1. The van der Waals surface area contributed by atoms with Crippen LogP contribution in [0, 0.1) is 5.92 Å². The fourth-order valence-corrected chi connectivity index (χ4v) is 2.39. The predicted octanol–water partition coefficient (Wildman–Crippen LogP) is 3.88. The van der Waals surface area contributed by atoms with Crippen molar-refractivity contribution in [2.75, 3.05) is 6.54 Å². The molecule has 0 fully saturated rings. The maximum Gasteiger partial charge on any atom is 0.336 e. The van der Waals surface area contributed by atoms with E-state index in [4.69, 9.17) is 5.73 Å². The van der Waals surface area contributed by atoms with Crippen LogP contribution < -0.4 is 5.73 Å². The number of ketones is 1. The number of carbonyl (C=O) groups is 2. The van der Waals surface area contributed by atoms with Gasteiger partial charge in [-0.2, -0.15) is 0 Å². The van der Waals surface area contributed by atoms with E-state index in [1.165, 1.54) is 12.1 Å². The van der Waals surface area contributed by atoms with Gasteiger partial charge in [0.15, 0.2) is 5.78 Å². The number of carboxylic acid groups (broad SMARTS) is 1. The Balaban J connectivity index is 0.00000105. The second-order valence-corrected chi connectivity index (χ2v) is 6.37. The first-order valence-corrected chi connectivity index (χ1v) is 8.70. The fraction of sp³-hybridized carbons (Fsp3) is 0.333. The van der Waals surface area contributed by atoms with Crippen LogP contribution >= 0.6 is 0 Å². The molecule has 0 spiro atoms. The van der Waals surface area contributed by atoms with Gasteiger partial charge in [-0.25, -0.2) is 4.79 Å². The zero-order valence-electron chi connectivity index (χ0n) is 15.5. The van der Waals surface area contributed by atoms with E-state index in [2.05, 4.69) is 13.8 Å². The van der Waals surface area contributed by atoms with Crippen molar-refractivity contribution in [2.45, 2.75) is 33.6 Å². The fourth-order valence-electron chi connectivity index (χ4n) is 2.39. The highest BCUT2D eigenvalue weighted by molar-refractivity contribution is 6.15. The molecule has 0 atom stereocenters. The first-order chi connectivity index (χ1) is 12.3. The topological polar surface area (TPSA) is 101 Å². The largest absolute Gasteiger partial charge is 0.507 e. The summed E-state index contributed by atoms with van der Waals surface area (Å²) in [6, 6.07) is 11.0. The van der Waals surface area contributed by atoms with Crippen LogP contribution in [0.3, 0.4) is 0 Å². The van der Waals surface area contributed by atoms with Crippen molar-refractivity contribution >= 4 is 11.8 Å². The summed E-state index contributed by atoms with van der Waals surface area (Å²) in [5.74, 6) is -1.21. The van der Waals surface area contributed by atoms with E-state index in [-0.39, 0.29) is 22.4 Å². The Morgan fingerprint density at radius 1 is 1.04 bits per heavy atom. The van der Waals surface area contributed by atoms with Gasteiger partial charge in [0.05, 0.1) is 11.1 Å². The second-order valence-electron chi connectivity index (χ2n) is 6.37. The lowest BCUT2D eigenvalue weighted by atomic mass is 9.95. The summed E-state index contributed by atoms with van der Waals surface area (Å²) >= 11 is 0. The van der Waals surface area contributed by atoms with Crippen molar-refractivity contribution in [1.29, 1.82) is 0 Å². The van der Waals surface area contributed by atoms with E-state index >= 15 is 0 Å². The Morgan fingerprint density at radius 2 is 1.62 bits per heavy atom. The summed E-state index contributed by atoms with van der Waals surface area (Å²) in [5.41, 5.74) is 5.93. The van der Waals surface area contributed by atoms with Crippen LogP contribution in [0.5, 0.6) is 5.75 Å². The van der Waals surface area contributed by atoms with Gasteiger partial charge in [0, 0.05) is 5.56 Å². The van der Waals surface area contributed by atoms with E-state index in [9.17, 15) is 19.8 Å². The number of carbonyl (C=O) groups excluding carboxylic acids is 1. The first-order valence-electron chi connectivity index (χ1n) is 8.70. The Bertz CT molecular complexity index is 753. The number of hydrogen-bond donors (Lipinski definition) is 3. The van der Waals surface area contributed by atoms with Crippen molar-refractivity contribution in [3.8, 4) is 5.75 Å². The summed E-state index contributed by atoms with van der Waals surface area (Å²) in [4.78, 5) is 23.8. The van der Waals surface area contributed by atoms with Crippen LogP contribution in [0.1, 0.15) is 59.0 Å². The monoisotopic (exact) mass is 357 g/mol. The summed E-state index contributed by atoms with van der Waals surface area (Å²) in [6.07, 6.45) is 1.82. The molecular weight excluding hydrogens is 330 g/mol. The van der Waals surface area contributed by atoms with E-state index < -0.39 is 11.8 Å². The van der Waals surface area contributed by atoms with Crippen LogP contribution in [0.15, 0.2) is 42.5 Å². The smallest absolute Gasteiger partial charge is 0.336 e. The molecule has 0 amide bonds. The molecule has 0 bridgehead atoms. The molecular formula is C21H27NO4. The van der Waals surface area contributed by atoms with Crippen molar-refractivity contribution in [2.24, 2.45) is 11.7 Å². The zero-order valence-corrected chi connectivity index (χ0v) is 15.5. The molecule has 0 saturated heterocycles. The Kier molecular flexibility index (Phi) is 8.52. The molecule has 0 aliphatic heterocycles. The van der Waals surface area contributed by atoms with Gasteiger partial charge in [0.2, 0.25) is 0 Å². The normalized spacial score (nSPS) is 10.2. The van der Waals surface area contributed by atoms with Crippen LogP contribution in [0.4, 0.5) is 0 Å². The Hall–Kier alpha value is -2.66. The lowest BCUT2D eigenvalue weighted by molar-refractivity contribution is 0.0692. The maximum atomic E-state index is 12.5. The number of phenolic OH excluding ortho intramolecular Hbond substituents is 1. The molecule has 4 N–H and O–H groups in total. The van der Waals surface area contributed by atoms with Gasteiger partial charge in [0.1, 0.15) is 5.75 Å². The quantitative estimate of drug-likeness (QED) is 0.681. The number of hydrogen-bond acceptors (Lipinski definition) is 4. The molecule has 0 unspecified atom stereocenters. The third kappa shape index (κ3) is 6.01. The number of benzene rings is 2. The minimum atomic E-state index is -1.16. The third-order valence-corrected chi connectivity index (χ3v) is 3.72. The van der Waals surface area contributed by atoms with E-state index in [0.29, 0.717) is 5.92 Å². The van der Waals surface area contributed by atoms with E-state index in [1.54, 1.807) is 30.3 Å². The third-order valence-electron chi connectivity index (χ3n) is 3.72. The van der Waals surface area contributed by atoms with Gasteiger partial charge in [0.25, 0.3) is 0 Å². The molecule has 0 aromatic heterocycles. The summed E-state index contributed by atoms with van der Waals surface area (Å²) in [6.45, 7) is 6.90. The zero-order chi connectivity index (χ0) is 19.7. The average molecular weight is 357 g/mol. The van der Waals surface area contributed by atoms with Gasteiger partial charge in [-0.1, -0.05) is 45.0 Å². The van der Waals surface area contributed by atoms with Crippen LogP contribution in [0.25, 0.3) is 0 Å². The number of aromatic carboxylic acids is 1. The molecule has 26 heavy (non-hydrogen) atoms. The van der Waals surface area contributed by atoms with E-state index in [1.807, 2.05) is 6.92 Å². The number of rotatable bonds is 6. The van der Waals surface area contributed by atoms with Crippen molar-refractivity contribution in [3.05, 3.63) is 64.7 Å². The van der Waals surface area contributed by atoms with Crippen LogP contribution in [0.2, 0.25) is 0 Å². The van der Waals surface area contributed by atoms with Crippen molar-refractivity contribution in [3.63, 3.8) is 0 Å². The minimum absolute atomic E-state index is 0.0687. The number of carboxylic acids is 1. The SMILES string of the molecule is CC(C)CCc1ccc(C(=O)c2ccccc2C(=O)O)c(O)c1.CCN. The minimum Gasteiger partial charge on any atom is -0.507 e. The van der Waals surface area contributed by atoms with Crippen LogP contribution in [-0.2, 0) is 6.42 Å². The van der Waals surface area contributed by atoms with Gasteiger partial charge >= 0.3 is 5.97 Å². The van der Waals surface area contributed by atoms with Crippen molar-refractivity contribution < 1.29 is 19.8 Å². The standard InChI is InChI=1S/C19H20O4.C2H7N/c1-12(2)7-8-13-9-10-16(17(20)11-13)18(21)14-5-3-4-6-15(14)19(22)23;1-2-3/h3-6,9-12,20H,7-8H2,1-2H3,(H,22,23);2-3H2,1H3. The lowest BCUT2D eigenvalue weighted by Gasteiger charge is -2.09. The molecule has 5 heteroatoms. The molecule has 2 aromatic rings. The second kappa shape index (κ2) is 10.4. The highest BCUT2D eigenvalue weighted by atomic mass is 16.4. The maximum absolute atomic E-state index is 12.5. The van der Waals surface area contributed by atoms with E-state index in [0.717, 1.165) is 24.9 Å². The van der Waals surface area contributed by atoms with Gasteiger partial charge in [-0.15, -0.1) is 0 Å².